The Kier molecular flexibility index (Phi) is 4.14. The lowest BCUT2D eigenvalue weighted by atomic mass is 10.1. The van der Waals surface area contributed by atoms with Gasteiger partial charge in [0.1, 0.15) is 6.54 Å². The van der Waals surface area contributed by atoms with Crippen LogP contribution in [0.15, 0.2) is 30.5 Å². The molecule has 0 unspecified atom stereocenters. The van der Waals surface area contributed by atoms with Crippen molar-refractivity contribution in [3.8, 4) is 0 Å². The molecule has 1 aromatic carbocycles. The van der Waals surface area contributed by atoms with Crippen LogP contribution in [0.5, 0.6) is 0 Å². The van der Waals surface area contributed by atoms with Gasteiger partial charge in [0.15, 0.2) is 0 Å². The second-order valence-electron chi connectivity index (χ2n) is 6.02. The molecule has 0 bridgehead atoms. The first-order chi connectivity index (χ1) is 9.39. The van der Waals surface area contributed by atoms with Crippen LogP contribution in [0.3, 0.4) is 0 Å². The Morgan fingerprint density at radius 1 is 1.30 bits per heavy atom. The van der Waals surface area contributed by atoms with E-state index in [2.05, 4.69) is 44.3 Å². The molecule has 4 heteroatoms. The van der Waals surface area contributed by atoms with E-state index in [1.165, 1.54) is 12.7 Å². The molecule has 108 valence electrons. The minimum Gasteiger partial charge on any atom is -0.468 e. The van der Waals surface area contributed by atoms with Gasteiger partial charge in [-0.2, -0.15) is 0 Å². The quantitative estimate of drug-likeness (QED) is 0.872. The van der Waals surface area contributed by atoms with Crippen LogP contribution in [0.2, 0.25) is 0 Å². The van der Waals surface area contributed by atoms with Gasteiger partial charge in [0.2, 0.25) is 0 Å². The van der Waals surface area contributed by atoms with Gasteiger partial charge in [0, 0.05) is 23.8 Å². The van der Waals surface area contributed by atoms with E-state index in [-0.39, 0.29) is 18.1 Å². The first kappa shape index (κ1) is 14.6. The molecule has 1 N–H and O–H groups in total. The minimum absolute atomic E-state index is 0.103. The molecule has 1 heterocycles. The average molecular weight is 274 g/mol. The number of ether oxygens (including phenoxy) is 1. The molecule has 0 amide bonds. The van der Waals surface area contributed by atoms with Gasteiger partial charge in [-0.15, -0.1) is 0 Å². The van der Waals surface area contributed by atoms with Crippen molar-refractivity contribution in [2.24, 2.45) is 0 Å². The van der Waals surface area contributed by atoms with E-state index in [4.69, 9.17) is 4.74 Å². The van der Waals surface area contributed by atoms with E-state index < -0.39 is 0 Å². The number of fused-ring (bicyclic) bond motifs is 1. The van der Waals surface area contributed by atoms with Gasteiger partial charge < -0.3 is 14.6 Å². The largest absolute Gasteiger partial charge is 0.468 e. The highest BCUT2D eigenvalue weighted by molar-refractivity contribution is 5.82. The number of rotatable bonds is 4. The van der Waals surface area contributed by atoms with Crippen molar-refractivity contribution in [3.05, 3.63) is 36.0 Å². The third kappa shape index (κ3) is 3.61. The molecule has 1 aromatic heterocycles. The SMILES string of the molecule is COC(=O)Cn1ccc2cc(CNC(C)(C)C)ccc21. The molecule has 0 aliphatic heterocycles. The number of methoxy groups -OCH3 is 1. The summed E-state index contributed by atoms with van der Waals surface area (Å²) in [5, 5.41) is 4.61. The summed E-state index contributed by atoms with van der Waals surface area (Å²) in [5.41, 5.74) is 2.39. The maximum absolute atomic E-state index is 11.3. The lowest BCUT2D eigenvalue weighted by Crippen LogP contribution is -2.35. The van der Waals surface area contributed by atoms with Gasteiger partial charge in [0.05, 0.1) is 7.11 Å². The Hall–Kier alpha value is -1.81. The second-order valence-corrected chi connectivity index (χ2v) is 6.02. The molecule has 0 radical (unpaired) electrons. The molecule has 0 spiro atoms. The predicted molar refractivity (Wildman–Crippen MR) is 80.5 cm³/mol. The molecule has 0 fully saturated rings. The Bertz CT molecular complexity index is 608. The van der Waals surface area contributed by atoms with Gasteiger partial charge in [-0.05, 0) is 49.9 Å². The number of carbonyl (C=O) groups is 1. The summed E-state index contributed by atoms with van der Waals surface area (Å²) in [7, 11) is 1.41. The van der Waals surface area contributed by atoms with E-state index >= 15 is 0 Å². The number of benzene rings is 1. The monoisotopic (exact) mass is 274 g/mol. The van der Waals surface area contributed by atoms with E-state index in [1.807, 2.05) is 16.8 Å². The van der Waals surface area contributed by atoms with E-state index in [1.54, 1.807) is 0 Å². The number of aromatic nitrogens is 1. The predicted octanol–water partition coefficient (Wildman–Crippen LogP) is 2.70. The second kappa shape index (κ2) is 5.67. The van der Waals surface area contributed by atoms with Gasteiger partial charge in [-0.3, -0.25) is 4.79 Å². The van der Waals surface area contributed by atoms with Crippen molar-refractivity contribution in [2.75, 3.05) is 7.11 Å². The standard InChI is InChI=1S/C16H22N2O2/c1-16(2,3)17-10-12-5-6-14-13(9-12)7-8-18(14)11-15(19)20-4/h5-9,17H,10-11H2,1-4H3. The Balaban J connectivity index is 2.17. The number of esters is 1. The highest BCUT2D eigenvalue weighted by Crippen LogP contribution is 2.18. The molecular formula is C16H22N2O2. The van der Waals surface area contributed by atoms with Crippen LogP contribution in [0, 0.1) is 0 Å². The highest BCUT2D eigenvalue weighted by atomic mass is 16.5. The molecule has 0 atom stereocenters. The molecule has 0 saturated carbocycles. The number of hydrogen-bond acceptors (Lipinski definition) is 3. The number of carbonyl (C=O) groups excluding carboxylic acids is 1. The van der Waals surface area contributed by atoms with Crippen LogP contribution in [0.4, 0.5) is 0 Å². The van der Waals surface area contributed by atoms with Gasteiger partial charge in [-0.1, -0.05) is 6.07 Å². The third-order valence-electron chi connectivity index (χ3n) is 3.19. The maximum atomic E-state index is 11.3. The summed E-state index contributed by atoms with van der Waals surface area (Å²) in [6.45, 7) is 7.54. The van der Waals surface area contributed by atoms with Crippen LogP contribution in [-0.4, -0.2) is 23.2 Å². The molecule has 4 nitrogen and oxygen atoms in total. The van der Waals surface area contributed by atoms with E-state index in [0.717, 1.165) is 17.4 Å². The molecule has 2 aromatic rings. The molecule has 2 rings (SSSR count). The van der Waals surface area contributed by atoms with Crippen molar-refractivity contribution in [3.63, 3.8) is 0 Å². The molecule has 20 heavy (non-hydrogen) atoms. The summed E-state index contributed by atoms with van der Waals surface area (Å²) >= 11 is 0. The summed E-state index contributed by atoms with van der Waals surface area (Å²) < 4.78 is 6.61. The number of nitrogens with one attached hydrogen (secondary N) is 1. The fourth-order valence-corrected chi connectivity index (χ4v) is 2.07. The zero-order valence-electron chi connectivity index (χ0n) is 12.6. The lowest BCUT2D eigenvalue weighted by Gasteiger charge is -2.20. The van der Waals surface area contributed by atoms with Gasteiger partial charge in [0.25, 0.3) is 0 Å². The third-order valence-corrected chi connectivity index (χ3v) is 3.19. The molecule has 0 saturated heterocycles. The van der Waals surface area contributed by atoms with Crippen molar-refractivity contribution >= 4 is 16.9 Å². The van der Waals surface area contributed by atoms with Crippen LogP contribution < -0.4 is 5.32 Å². The first-order valence-electron chi connectivity index (χ1n) is 6.79. The summed E-state index contributed by atoms with van der Waals surface area (Å²) in [5.74, 6) is -0.235. The number of hydrogen-bond donors (Lipinski definition) is 1. The van der Waals surface area contributed by atoms with Crippen LogP contribution >= 0.6 is 0 Å². The highest BCUT2D eigenvalue weighted by Gasteiger charge is 2.10. The van der Waals surface area contributed by atoms with Crippen molar-refractivity contribution in [1.29, 1.82) is 0 Å². The van der Waals surface area contributed by atoms with E-state index in [9.17, 15) is 4.79 Å². The van der Waals surface area contributed by atoms with Crippen LogP contribution in [0.1, 0.15) is 26.3 Å². The zero-order chi connectivity index (χ0) is 14.8. The summed E-state index contributed by atoms with van der Waals surface area (Å²) in [6, 6.07) is 8.33. The van der Waals surface area contributed by atoms with Crippen molar-refractivity contribution < 1.29 is 9.53 Å². The Morgan fingerprint density at radius 3 is 2.70 bits per heavy atom. The smallest absolute Gasteiger partial charge is 0.325 e. The molecular weight excluding hydrogens is 252 g/mol. The Morgan fingerprint density at radius 2 is 2.05 bits per heavy atom. The molecule has 0 aliphatic rings. The lowest BCUT2D eigenvalue weighted by molar-refractivity contribution is -0.141. The van der Waals surface area contributed by atoms with Crippen LogP contribution in [0.25, 0.3) is 10.9 Å². The van der Waals surface area contributed by atoms with Crippen molar-refractivity contribution in [2.45, 2.75) is 39.4 Å². The fraction of sp³-hybridized carbons (Fsp3) is 0.438. The topological polar surface area (TPSA) is 43.3 Å². The number of nitrogens with zero attached hydrogens (tertiary/aromatic N) is 1. The minimum atomic E-state index is -0.235. The Labute approximate surface area is 119 Å². The van der Waals surface area contributed by atoms with Crippen LogP contribution in [-0.2, 0) is 22.6 Å². The first-order valence-corrected chi connectivity index (χ1v) is 6.79. The zero-order valence-corrected chi connectivity index (χ0v) is 12.6. The molecule has 0 aliphatic carbocycles. The fourth-order valence-electron chi connectivity index (χ4n) is 2.07. The van der Waals surface area contributed by atoms with Crippen molar-refractivity contribution in [1.82, 2.24) is 9.88 Å². The van der Waals surface area contributed by atoms with Gasteiger partial charge >= 0.3 is 5.97 Å². The summed E-state index contributed by atoms with van der Waals surface area (Å²) in [6.07, 6.45) is 1.92. The van der Waals surface area contributed by atoms with E-state index in [0.29, 0.717) is 0 Å². The summed E-state index contributed by atoms with van der Waals surface area (Å²) in [4.78, 5) is 11.3. The normalized spacial score (nSPS) is 11.8. The average Bonchev–Trinajstić information content (AvgIpc) is 2.78. The maximum Gasteiger partial charge on any atom is 0.325 e. The van der Waals surface area contributed by atoms with Gasteiger partial charge in [-0.25, -0.2) is 0 Å².